The Morgan fingerprint density at radius 2 is 1.96 bits per heavy atom. The van der Waals surface area contributed by atoms with Crippen molar-refractivity contribution in [2.45, 2.75) is 20.0 Å². The van der Waals surface area contributed by atoms with E-state index in [-0.39, 0.29) is 24.5 Å². The molecule has 3 rings (SSSR count). The average Bonchev–Trinajstić information content (AvgIpc) is 3.07. The summed E-state index contributed by atoms with van der Waals surface area (Å²) in [6, 6.07) is 8.57. The quantitative estimate of drug-likeness (QED) is 0.600. The van der Waals surface area contributed by atoms with Crippen molar-refractivity contribution in [3.05, 3.63) is 81.8 Å². The van der Waals surface area contributed by atoms with Crippen LogP contribution in [0, 0.1) is 12.7 Å². The number of nitrogens with one attached hydrogen (secondary N) is 3. The second-order valence-corrected chi connectivity index (χ2v) is 6.12. The zero-order chi connectivity index (χ0) is 20.1. The maximum absolute atomic E-state index is 12.9. The van der Waals surface area contributed by atoms with Gasteiger partial charge in [-0.15, -0.1) is 0 Å². The topological polar surface area (TPSA) is 109 Å². The smallest absolute Gasteiger partial charge is 0.263 e. The summed E-state index contributed by atoms with van der Waals surface area (Å²) in [5, 5.41) is 11.8. The lowest BCUT2D eigenvalue weighted by molar-refractivity contribution is -0.116. The van der Waals surface area contributed by atoms with Gasteiger partial charge in [-0.1, -0.05) is 12.1 Å². The predicted octanol–water partition coefficient (Wildman–Crippen LogP) is 1.59. The SMILES string of the molecule is Cc1[nH]ncc1NC(=O)Cn1cccc(C(=O)NCc2ccc(F)cc2)c1=O. The molecule has 8 nitrogen and oxygen atoms in total. The molecule has 2 aromatic heterocycles. The second kappa shape index (κ2) is 8.30. The minimum Gasteiger partial charge on any atom is -0.348 e. The van der Waals surface area contributed by atoms with Gasteiger partial charge in [-0.25, -0.2) is 4.39 Å². The molecule has 0 fully saturated rings. The van der Waals surface area contributed by atoms with Gasteiger partial charge in [0.2, 0.25) is 5.91 Å². The number of aromatic nitrogens is 3. The van der Waals surface area contributed by atoms with Crippen LogP contribution in [-0.2, 0) is 17.9 Å². The summed E-state index contributed by atoms with van der Waals surface area (Å²) >= 11 is 0. The molecule has 1 aromatic carbocycles. The highest BCUT2D eigenvalue weighted by molar-refractivity contribution is 5.94. The minimum atomic E-state index is -0.585. The summed E-state index contributed by atoms with van der Waals surface area (Å²) in [5.74, 6) is -1.37. The summed E-state index contributed by atoms with van der Waals surface area (Å²) in [4.78, 5) is 37.0. The van der Waals surface area contributed by atoms with Crippen molar-refractivity contribution < 1.29 is 14.0 Å². The van der Waals surface area contributed by atoms with Gasteiger partial charge in [0, 0.05) is 12.7 Å². The van der Waals surface area contributed by atoms with E-state index in [4.69, 9.17) is 0 Å². The van der Waals surface area contributed by atoms with Crippen LogP contribution >= 0.6 is 0 Å². The molecular formula is C19H18FN5O3. The van der Waals surface area contributed by atoms with E-state index in [1.54, 1.807) is 19.1 Å². The number of amides is 2. The van der Waals surface area contributed by atoms with Crippen molar-refractivity contribution in [3.8, 4) is 0 Å². The normalized spacial score (nSPS) is 10.5. The Kier molecular flexibility index (Phi) is 5.64. The van der Waals surface area contributed by atoms with Gasteiger partial charge in [-0.3, -0.25) is 19.5 Å². The number of carbonyl (C=O) groups is 2. The molecule has 28 heavy (non-hydrogen) atoms. The van der Waals surface area contributed by atoms with Gasteiger partial charge in [0.05, 0.1) is 17.6 Å². The molecule has 3 aromatic rings. The molecule has 0 atom stereocenters. The lowest BCUT2D eigenvalue weighted by Crippen LogP contribution is -2.34. The van der Waals surface area contributed by atoms with Gasteiger partial charge in [0.15, 0.2) is 0 Å². The predicted molar refractivity (Wildman–Crippen MR) is 100 cm³/mol. The fourth-order valence-corrected chi connectivity index (χ4v) is 2.54. The third-order valence-electron chi connectivity index (χ3n) is 4.05. The fourth-order valence-electron chi connectivity index (χ4n) is 2.54. The molecule has 0 saturated carbocycles. The summed E-state index contributed by atoms with van der Waals surface area (Å²) in [5.41, 5.74) is 1.23. The largest absolute Gasteiger partial charge is 0.348 e. The molecule has 2 heterocycles. The third-order valence-corrected chi connectivity index (χ3v) is 4.05. The Morgan fingerprint density at radius 3 is 2.64 bits per heavy atom. The van der Waals surface area contributed by atoms with E-state index in [2.05, 4.69) is 20.8 Å². The molecule has 0 aliphatic rings. The van der Waals surface area contributed by atoms with E-state index in [1.807, 2.05) is 0 Å². The fraction of sp³-hybridized carbons (Fsp3) is 0.158. The first-order valence-corrected chi connectivity index (χ1v) is 8.46. The molecule has 3 N–H and O–H groups in total. The standard InChI is InChI=1S/C19H18FN5O3/c1-12-16(10-22-24-12)23-17(26)11-25-8-2-3-15(19(25)28)18(27)21-9-13-4-6-14(20)7-5-13/h2-8,10H,9,11H2,1H3,(H,21,27)(H,22,24)(H,23,26). The number of rotatable bonds is 6. The number of benzene rings is 1. The molecular weight excluding hydrogens is 365 g/mol. The van der Waals surface area contributed by atoms with E-state index >= 15 is 0 Å². The Labute approximate surface area is 159 Å². The number of aryl methyl sites for hydroxylation is 1. The summed E-state index contributed by atoms with van der Waals surface area (Å²) in [6.07, 6.45) is 2.90. The lowest BCUT2D eigenvalue weighted by atomic mass is 10.2. The first kappa shape index (κ1) is 19.0. The Bertz CT molecular complexity index is 1060. The van der Waals surface area contributed by atoms with E-state index in [0.29, 0.717) is 16.9 Å². The average molecular weight is 383 g/mol. The van der Waals surface area contributed by atoms with Crippen LogP contribution in [0.3, 0.4) is 0 Å². The molecule has 0 aliphatic carbocycles. The van der Waals surface area contributed by atoms with Crippen LogP contribution in [0.15, 0.2) is 53.6 Å². The highest BCUT2D eigenvalue weighted by Crippen LogP contribution is 2.09. The van der Waals surface area contributed by atoms with Gasteiger partial charge in [-0.2, -0.15) is 5.10 Å². The summed E-state index contributed by atoms with van der Waals surface area (Å²) in [6.45, 7) is 1.65. The third kappa shape index (κ3) is 4.50. The molecule has 0 saturated heterocycles. The van der Waals surface area contributed by atoms with Crippen LogP contribution in [0.4, 0.5) is 10.1 Å². The minimum absolute atomic E-state index is 0.0862. The summed E-state index contributed by atoms with van der Waals surface area (Å²) in [7, 11) is 0. The van der Waals surface area contributed by atoms with Gasteiger partial charge in [0.25, 0.3) is 11.5 Å². The number of pyridine rings is 1. The van der Waals surface area contributed by atoms with Crippen molar-refractivity contribution in [2.75, 3.05) is 5.32 Å². The maximum Gasteiger partial charge on any atom is 0.263 e. The molecule has 0 radical (unpaired) electrons. The molecule has 9 heteroatoms. The van der Waals surface area contributed by atoms with E-state index in [9.17, 15) is 18.8 Å². The van der Waals surface area contributed by atoms with E-state index < -0.39 is 17.4 Å². The molecule has 0 unspecified atom stereocenters. The Morgan fingerprint density at radius 1 is 1.21 bits per heavy atom. The highest BCUT2D eigenvalue weighted by Gasteiger charge is 2.14. The van der Waals surface area contributed by atoms with Crippen LogP contribution in [0.2, 0.25) is 0 Å². The number of hydrogen-bond acceptors (Lipinski definition) is 4. The monoisotopic (exact) mass is 383 g/mol. The zero-order valence-corrected chi connectivity index (χ0v) is 15.0. The Balaban J connectivity index is 1.67. The van der Waals surface area contributed by atoms with E-state index in [0.717, 1.165) is 4.57 Å². The van der Waals surface area contributed by atoms with Crippen LogP contribution in [-0.4, -0.2) is 26.6 Å². The van der Waals surface area contributed by atoms with Crippen molar-refractivity contribution in [3.63, 3.8) is 0 Å². The number of halogens is 1. The van der Waals surface area contributed by atoms with Crippen molar-refractivity contribution in [1.82, 2.24) is 20.1 Å². The highest BCUT2D eigenvalue weighted by atomic mass is 19.1. The zero-order valence-electron chi connectivity index (χ0n) is 15.0. The van der Waals surface area contributed by atoms with Gasteiger partial charge >= 0.3 is 0 Å². The molecule has 0 spiro atoms. The van der Waals surface area contributed by atoms with Gasteiger partial charge < -0.3 is 15.2 Å². The Hall–Kier alpha value is -3.75. The second-order valence-electron chi connectivity index (χ2n) is 6.12. The summed E-state index contributed by atoms with van der Waals surface area (Å²) < 4.78 is 14.1. The number of anilines is 1. The number of carbonyl (C=O) groups excluding carboxylic acids is 2. The molecule has 2 amide bonds. The van der Waals surface area contributed by atoms with Crippen LogP contribution in [0.25, 0.3) is 0 Å². The van der Waals surface area contributed by atoms with Crippen LogP contribution in [0.5, 0.6) is 0 Å². The maximum atomic E-state index is 12.9. The molecule has 0 aliphatic heterocycles. The van der Waals surface area contributed by atoms with Crippen molar-refractivity contribution in [1.29, 1.82) is 0 Å². The number of hydrogen-bond donors (Lipinski definition) is 3. The number of nitrogens with zero attached hydrogens (tertiary/aromatic N) is 2. The molecule has 144 valence electrons. The number of H-pyrrole nitrogens is 1. The first-order valence-electron chi connectivity index (χ1n) is 8.46. The van der Waals surface area contributed by atoms with Gasteiger partial charge in [-0.05, 0) is 36.8 Å². The van der Waals surface area contributed by atoms with Crippen molar-refractivity contribution in [2.24, 2.45) is 0 Å². The van der Waals surface area contributed by atoms with E-state index in [1.165, 1.54) is 36.7 Å². The van der Waals surface area contributed by atoms with Crippen molar-refractivity contribution >= 4 is 17.5 Å². The molecule has 0 bridgehead atoms. The number of aromatic amines is 1. The van der Waals surface area contributed by atoms with Gasteiger partial charge in [0.1, 0.15) is 17.9 Å². The first-order chi connectivity index (χ1) is 13.4. The van der Waals surface area contributed by atoms with Crippen LogP contribution < -0.4 is 16.2 Å². The van der Waals surface area contributed by atoms with Crippen LogP contribution in [0.1, 0.15) is 21.6 Å². The lowest BCUT2D eigenvalue weighted by Gasteiger charge is -2.09.